The number of hydrogen-bond donors (Lipinski definition) is 2. The van der Waals surface area contributed by atoms with Crippen LogP contribution in [0.4, 0.5) is 5.69 Å². The summed E-state index contributed by atoms with van der Waals surface area (Å²) >= 11 is 0. The van der Waals surface area contributed by atoms with Crippen molar-refractivity contribution in [3.8, 4) is 11.3 Å². The molecule has 2 heterocycles. The van der Waals surface area contributed by atoms with Crippen molar-refractivity contribution in [2.24, 2.45) is 0 Å². The van der Waals surface area contributed by atoms with Crippen molar-refractivity contribution in [3.05, 3.63) is 51.3 Å². The molecule has 1 fully saturated rings. The van der Waals surface area contributed by atoms with E-state index < -0.39 is 11.5 Å². The van der Waals surface area contributed by atoms with E-state index in [1.807, 2.05) is 13.0 Å². The Hall–Kier alpha value is -2.56. The number of rotatable bonds is 4. The quantitative estimate of drug-likeness (QED) is 0.892. The number of piperidine rings is 1. The van der Waals surface area contributed by atoms with E-state index in [0.29, 0.717) is 12.1 Å². The minimum Gasteiger partial charge on any atom is -0.477 e. The average molecular weight is 340 g/mol. The summed E-state index contributed by atoms with van der Waals surface area (Å²) in [5, 5.41) is 9.15. The van der Waals surface area contributed by atoms with Crippen LogP contribution >= 0.6 is 0 Å². The molecule has 0 amide bonds. The zero-order chi connectivity index (χ0) is 18.0. The maximum Gasteiger partial charge on any atom is 0.341 e. The van der Waals surface area contributed by atoms with Crippen molar-refractivity contribution in [2.75, 3.05) is 18.0 Å². The minimum absolute atomic E-state index is 0.206. The highest BCUT2D eigenvalue weighted by Gasteiger charge is 2.16. The number of aromatic amines is 1. The van der Waals surface area contributed by atoms with Crippen molar-refractivity contribution >= 4 is 11.7 Å². The van der Waals surface area contributed by atoms with Crippen LogP contribution in [0.1, 0.15) is 47.7 Å². The smallest absolute Gasteiger partial charge is 0.341 e. The van der Waals surface area contributed by atoms with Gasteiger partial charge in [0.1, 0.15) is 5.56 Å². The van der Waals surface area contributed by atoms with Crippen LogP contribution in [0, 0.1) is 6.92 Å². The summed E-state index contributed by atoms with van der Waals surface area (Å²) in [7, 11) is 0. The van der Waals surface area contributed by atoms with Crippen molar-refractivity contribution in [1.82, 2.24) is 4.98 Å². The topological polar surface area (TPSA) is 73.4 Å². The monoisotopic (exact) mass is 340 g/mol. The molecule has 1 aromatic carbocycles. The van der Waals surface area contributed by atoms with Gasteiger partial charge in [0, 0.05) is 18.8 Å². The van der Waals surface area contributed by atoms with Crippen LogP contribution in [0.25, 0.3) is 11.3 Å². The van der Waals surface area contributed by atoms with Gasteiger partial charge in [0.05, 0.1) is 5.69 Å². The van der Waals surface area contributed by atoms with E-state index in [9.17, 15) is 9.59 Å². The van der Waals surface area contributed by atoms with Gasteiger partial charge in [0.25, 0.3) is 5.56 Å². The van der Waals surface area contributed by atoms with Crippen molar-refractivity contribution in [3.63, 3.8) is 0 Å². The fraction of sp³-hybridized carbons (Fsp3) is 0.400. The summed E-state index contributed by atoms with van der Waals surface area (Å²) in [6.45, 7) is 6.22. The number of carboxylic acid groups (broad SMARTS) is 1. The van der Waals surface area contributed by atoms with Gasteiger partial charge in [-0.2, -0.15) is 0 Å². The number of H-pyrrole nitrogens is 1. The second kappa shape index (κ2) is 7.13. The average Bonchev–Trinajstić information content (AvgIpc) is 2.61. The fourth-order valence-corrected chi connectivity index (χ4v) is 3.57. The van der Waals surface area contributed by atoms with E-state index in [1.165, 1.54) is 36.6 Å². The molecule has 1 saturated heterocycles. The molecule has 5 heteroatoms. The number of nitrogens with one attached hydrogen (secondary N) is 1. The molecule has 0 radical (unpaired) electrons. The first-order valence-corrected chi connectivity index (χ1v) is 8.86. The predicted molar refractivity (Wildman–Crippen MR) is 99.6 cm³/mol. The summed E-state index contributed by atoms with van der Waals surface area (Å²) < 4.78 is 0. The van der Waals surface area contributed by atoms with Gasteiger partial charge < -0.3 is 15.0 Å². The van der Waals surface area contributed by atoms with Gasteiger partial charge in [-0.05, 0) is 67.5 Å². The SMILES string of the molecule is CCc1cc(C(=O)O)c(=O)[nH]c1-c1ccc(N2CCCCC2)c(C)c1. The van der Waals surface area contributed by atoms with Crippen LogP contribution < -0.4 is 10.5 Å². The van der Waals surface area contributed by atoms with E-state index in [0.717, 1.165) is 24.2 Å². The highest BCUT2D eigenvalue weighted by Crippen LogP contribution is 2.29. The molecule has 132 valence electrons. The summed E-state index contributed by atoms with van der Waals surface area (Å²) in [6, 6.07) is 7.69. The Balaban J connectivity index is 2.02. The summed E-state index contributed by atoms with van der Waals surface area (Å²) in [5.74, 6) is -1.20. The summed E-state index contributed by atoms with van der Waals surface area (Å²) in [6.07, 6.45) is 4.40. The molecule has 2 N–H and O–H groups in total. The van der Waals surface area contributed by atoms with Gasteiger partial charge in [0.2, 0.25) is 0 Å². The Morgan fingerprint density at radius 1 is 1.20 bits per heavy atom. The van der Waals surface area contributed by atoms with Gasteiger partial charge in [0.15, 0.2) is 0 Å². The molecule has 0 bridgehead atoms. The summed E-state index contributed by atoms with van der Waals surface area (Å²) in [5.41, 5.74) is 4.12. The fourth-order valence-electron chi connectivity index (χ4n) is 3.57. The number of pyridine rings is 1. The van der Waals surface area contributed by atoms with Gasteiger partial charge in [-0.25, -0.2) is 4.79 Å². The van der Waals surface area contributed by atoms with Crippen LogP contribution in [0.15, 0.2) is 29.1 Å². The van der Waals surface area contributed by atoms with E-state index >= 15 is 0 Å². The molecule has 3 rings (SSSR count). The van der Waals surface area contributed by atoms with Crippen LogP contribution in [0.2, 0.25) is 0 Å². The van der Waals surface area contributed by atoms with E-state index in [2.05, 4.69) is 28.9 Å². The third-order valence-corrected chi connectivity index (χ3v) is 4.92. The molecule has 0 aliphatic carbocycles. The number of benzene rings is 1. The maximum absolute atomic E-state index is 12.1. The first-order valence-electron chi connectivity index (χ1n) is 8.86. The van der Waals surface area contributed by atoms with E-state index in [4.69, 9.17) is 5.11 Å². The lowest BCUT2D eigenvalue weighted by atomic mass is 9.99. The Morgan fingerprint density at radius 3 is 2.52 bits per heavy atom. The molecule has 2 aromatic rings. The highest BCUT2D eigenvalue weighted by molar-refractivity contribution is 5.88. The Bertz CT molecular complexity index is 849. The van der Waals surface area contributed by atoms with Gasteiger partial charge >= 0.3 is 5.97 Å². The van der Waals surface area contributed by atoms with E-state index in [-0.39, 0.29) is 5.56 Å². The molecule has 0 unspecified atom stereocenters. The molecule has 0 spiro atoms. The lowest BCUT2D eigenvalue weighted by Crippen LogP contribution is -2.29. The molecule has 1 aliphatic heterocycles. The number of aromatic carboxylic acids is 1. The summed E-state index contributed by atoms with van der Waals surface area (Å²) in [4.78, 5) is 28.4. The molecule has 1 aromatic heterocycles. The third kappa shape index (κ3) is 3.45. The standard InChI is InChI=1S/C20H24N2O3/c1-3-14-12-16(20(24)25)19(23)21-18(14)15-7-8-17(13(2)11-15)22-9-5-4-6-10-22/h7-8,11-12H,3-6,9-10H2,1-2H3,(H,21,23)(H,24,25). The predicted octanol–water partition coefficient (Wildman–Crippen LogP) is 3.60. The number of carboxylic acids is 1. The van der Waals surface area contributed by atoms with Crippen molar-refractivity contribution < 1.29 is 9.90 Å². The van der Waals surface area contributed by atoms with Crippen LogP contribution in [0.5, 0.6) is 0 Å². The number of anilines is 1. The second-order valence-corrected chi connectivity index (χ2v) is 6.62. The number of aryl methyl sites for hydroxylation is 2. The normalized spacial score (nSPS) is 14.6. The lowest BCUT2D eigenvalue weighted by molar-refractivity contribution is 0.0695. The number of carbonyl (C=O) groups is 1. The maximum atomic E-state index is 12.1. The number of hydrogen-bond acceptors (Lipinski definition) is 3. The molecule has 0 saturated carbocycles. The molecular formula is C20H24N2O3. The van der Waals surface area contributed by atoms with Crippen LogP contribution in [0.3, 0.4) is 0 Å². The zero-order valence-corrected chi connectivity index (χ0v) is 14.8. The minimum atomic E-state index is -1.20. The van der Waals surface area contributed by atoms with Crippen LogP contribution in [-0.2, 0) is 6.42 Å². The number of aromatic nitrogens is 1. The zero-order valence-electron chi connectivity index (χ0n) is 14.8. The van der Waals surface area contributed by atoms with E-state index in [1.54, 1.807) is 0 Å². The van der Waals surface area contributed by atoms with Gasteiger partial charge in [-0.15, -0.1) is 0 Å². The molecular weight excluding hydrogens is 316 g/mol. The molecule has 5 nitrogen and oxygen atoms in total. The van der Waals surface area contributed by atoms with Gasteiger partial charge in [-0.3, -0.25) is 4.79 Å². The highest BCUT2D eigenvalue weighted by atomic mass is 16.4. The first kappa shape index (κ1) is 17.3. The molecule has 1 aliphatic rings. The Morgan fingerprint density at radius 2 is 1.92 bits per heavy atom. The van der Waals surface area contributed by atoms with Crippen molar-refractivity contribution in [1.29, 1.82) is 0 Å². The second-order valence-electron chi connectivity index (χ2n) is 6.62. The number of nitrogens with zero attached hydrogens (tertiary/aromatic N) is 1. The Labute approximate surface area is 147 Å². The van der Waals surface area contributed by atoms with Crippen molar-refractivity contribution in [2.45, 2.75) is 39.5 Å². The Kier molecular flexibility index (Phi) is 4.93. The largest absolute Gasteiger partial charge is 0.477 e. The molecule has 0 atom stereocenters. The first-order chi connectivity index (χ1) is 12.0. The molecule has 25 heavy (non-hydrogen) atoms. The lowest BCUT2D eigenvalue weighted by Gasteiger charge is -2.30. The third-order valence-electron chi connectivity index (χ3n) is 4.92. The van der Waals surface area contributed by atoms with Gasteiger partial charge in [-0.1, -0.05) is 13.0 Å². The van der Waals surface area contributed by atoms with Crippen LogP contribution in [-0.4, -0.2) is 29.1 Å².